The van der Waals surface area contributed by atoms with Crippen molar-refractivity contribution in [3.8, 4) is 0 Å². The molecule has 0 radical (unpaired) electrons. The summed E-state index contributed by atoms with van der Waals surface area (Å²) in [7, 11) is 0. The van der Waals surface area contributed by atoms with Gasteiger partial charge in [0.2, 0.25) is 0 Å². The predicted octanol–water partition coefficient (Wildman–Crippen LogP) is 4.54. The minimum Gasteiger partial charge on any atom is -0.374 e. The summed E-state index contributed by atoms with van der Waals surface area (Å²) in [6.07, 6.45) is 3.96. The topological polar surface area (TPSA) is 70.9 Å². The molecule has 0 bridgehead atoms. The second kappa shape index (κ2) is 8.97. The first kappa shape index (κ1) is 20.0. The second-order valence-corrected chi connectivity index (χ2v) is 7.50. The van der Waals surface area contributed by atoms with Gasteiger partial charge in [0.15, 0.2) is 0 Å². The van der Waals surface area contributed by atoms with Crippen LogP contribution in [-0.4, -0.2) is 29.2 Å². The molecule has 2 unspecified atom stereocenters. The fraction of sp³-hybridized carbons (Fsp3) is 0.409. The Balaban J connectivity index is 1.70. The summed E-state index contributed by atoms with van der Waals surface area (Å²) in [4.78, 5) is 9.11. The van der Waals surface area contributed by atoms with E-state index < -0.39 is 0 Å². The third-order valence-corrected chi connectivity index (χ3v) is 4.66. The van der Waals surface area contributed by atoms with Gasteiger partial charge in [-0.15, -0.1) is 0 Å². The smallest absolute Gasteiger partial charge is 0.131 e. The van der Waals surface area contributed by atoms with Crippen molar-refractivity contribution in [2.45, 2.75) is 59.3 Å². The van der Waals surface area contributed by atoms with Gasteiger partial charge in [0.1, 0.15) is 11.7 Å². The highest BCUT2D eigenvalue weighted by molar-refractivity contribution is 5.94. The van der Waals surface area contributed by atoms with Crippen LogP contribution in [0.25, 0.3) is 0 Å². The first-order chi connectivity index (χ1) is 13.4. The number of nitrogens with one attached hydrogen (secondary N) is 2. The SMILES string of the molecule is C/C(=N\c1ccc(C2C=NNC2C)cc1C)Nc1cc(COC(C)C)ccn1. The highest BCUT2D eigenvalue weighted by atomic mass is 16.5. The third-order valence-electron chi connectivity index (χ3n) is 4.66. The maximum atomic E-state index is 5.66. The molecular weight excluding hydrogens is 350 g/mol. The minimum atomic E-state index is 0.202. The number of pyridine rings is 1. The van der Waals surface area contributed by atoms with Crippen LogP contribution in [0.5, 0.6) is 0 Å². The second-order valence-electron chi connectivity index (χ2n) is 7.50. The lowest BCUT2D eigenvalue weighted by Crippen LogP contribution is -2.21. The Morgan fingerprint density at radius 1 is 1.29 bits per heavy atom. The predicted molar refractivity (Wildman–Crippen MR) is 116 cm³/mol. The summed E-state index contributed by atoms with van der Waals surface area (Å²) in [6, 6.07) is 10.6. The van der Waals surface area contributed by atoms with Gasteiger partial charge in [-0.2, -0.15) is 5.10 Å². The average molecular weight is 380 g/mol. The van der Waals surface area contributed by atoms with Gasteiger partial charge in [0.05, 0.1) is 24.4 Å². The molecule has 0 fully saturated rings. The summed E-state index contributed by atoms with van der Waals surface area (Å²) in [5, 5.41) is 7.45. The van der Waals surface area contributed by atoms with E-state index in [2.05, 4.69) is 52.9 Å². The van der Waals surface area contributed by atoms with Crippen LogP contribution in [0.1, 0.15) is 50.3 Å². The Labute approximate surface area is 167 Å². The normalized spacial score (nSPS) is 19.1. The number of nitrogens with zero attached hydrogens (tertiary/aromatic N) is 3. The molecule has 1 aromatic heterocycles. The Morgan fingerprint density at radius 2 is 2.11 bits per heavy atom. The zero-order valence-electron chi connectivity index (χ0n) is 17.2. The zero-order valence-corrected chi connectivity index (χ0v) is 17.2. The lowest BCUT2D eigenvalue weighted by Gasteiger charge is -2.15. The number of amidine groups is 1. The van der Waals surface area contributed by atoms with Gasteiger partial charge in [-0.25, -0.2) is 9.98 Å². The van der Waals surface area contributed by atoms with Gasteiger partial charge in [-0.1, -0.05) is 12.1 Å². The van der Waals surface area contributed by atoms with E-state index in [-0.39, 0.29) is 6.10 Å². The lowest BCUT2D eigenvalue weighted by molar-refractivity contribution is 0.0657. The van der Waals surface area contributed by atoms with E-state index in [1.807, 2.05) is 39.1 Å². The number of ether oxygens (including phenoxy) is 1. The van der Waals surface area contributed by atoms with E-state index in [0.717, 1.165) is 28.5 Å². The molecule has 0 saturated heterocycles. The summed E-state index contributed by atoms with van der Waals surface area (Å²) in [6.45, 7) is 10.8. The summed E-state index contributed by atoms with van der Waals surface area (Å²) in [5.41, 5.74) is 7.52. The van der Waals surface area contributed by atoms with E-state index >= 15 is 0 Å². The minimum absolute atomic E-state index is 0.202. The maximum Gasteiger partial charge on any atom is 0.131 e. The van der Waals surface area contributed by atoms with Crippen molar-refractivity contribution >= 4 is 23.6 Å². The molecule has 28 heavy (non-hydrogen) atoms. The fourth-order valence-corrected chi connectivity index (χ4v) is 3.13. The molecule has 0 amide bonds. The molecule has 2 aromatic rings. The van der Waals surface area contributed by atoms with E-state index in [9.17, 15) is 0 Å². The number of aliphatic imine (C=N–C) groups is 1. The van der Waals surface area contributed by atoms with Crippen molar-refractivity contribution in [3.63, 3.8) is 0 Å². The van der Waals surface area contributed by atoms with Gasteiger partial charge in [0.25, 0.3) is 0 Å². The van der Waals surface area contributed by atoms with Crippen LogP contribution < -0.4 is 10.7 Å². The van der Waals surface area contributed by atoms with Gasteiger partial charge >= 0.3 is 0 Å². The molecule has 6 heteroatoms. The molecule has 6 nitrogen and oxygen atoms in total. The van der Waals surface area contributed by atoms with Crippen molar-refractivity contribution in [2.24, 2.45) is 10.1 Å². The number of hydrogen-bond donors (Lipinski definition) is 2. The number of hydrazone groups is 1. The molecular formula is C22H29N5O. The van der Waals surface area contributed by atoms with Crippen LogP contribution in [0.15, 0.2) is 46.6 Å². The van der Waals surface area contributed by atoms with Gasteiger partial charge in [-0.3, -0.25) is 0 Å². The number of aryl methyl sites for hydroxylation is 1. The van der Waals surface area contributed by atoms with E-state index in [1.165, 1.54) is 5.56 Å². The van der Waals surface area contributed by atoms with Gasteiger partial charge in [-0.05, 0) is 69.5 Å². The number of rotatable bonds is 6. The van der Waals surface area contributed by atoms with Crippen LogP contribution in [0.4, 0.5) is 11.5 Å². The first-order valence-corrected chi connectivity index (χ1v) is 9.70. The van der Waals surface area contributed by atoms with Crippen molar-refractivity contribution in [1.82, 2.24) is 10.4 Å². The third kappa shape index (κ3) is 5.16. The van der Waals surface area contributed by atoms with Gasteiger partial charge in [0, 0.05) is 18.3 Å². The average Bonchev–Trinajstić information content (AvgIpc) is 3.08. The molecule has 0 aliphatic carbocycles. The Kier molecular flexibility index (Phi) is 6.41. The van der Waals surface area contributed by atoms with Crippen LogP contribution >= 0.6 is 0 Å². The van der Waals surface area contributed by atoms with Crippen LogP contribution in [0, 0.1) is 6.92 Å². The van der Waals surface area contributed by atoms with E-state index in [1.54, 1.807) is 6.20 Å². The maximum absolute atomic E-state index is 5.66. The monoisotopic (exact) mass is 379 g/mol. The molecule has 1 aliphatic rings. The summed E-state index contributed by atoms with van der Waals surface area (Å²) < 4.78 is 5.66. The van der Waals surface area contributed by atoms with Crippen LogP contribution in [-0.2, 0) is 11.3 Å². The van der Waals surface area contributed by atoms with E-state index in [4.69, 9.17) is 9.73 Å². The highest BCUT2D eigenvalue weighted by Gasteiger charge is 2.21. The first-order valence-electron chi connectivity index (χ1n) is 9.70. The fourth-order valence-electron chi connectivity index (χ4n) is 3.13. The quantitative estimate of drug-likeness (QED) is 0.571. The molecule has 0 spiro atoms. The molecule has 0 saturated carbocycles. The molecule has 2 N–H and O–H groups in total. The highest BCUT2D eigenvalue weighted by Crippen LogP contribution is 2.27. The molecule has 2 atom stereocenters. The molecule has 2 heterocycles. The van der Waals surface area contributed by atoms with Crippen molar-refractivity contribution in [3.05, 3.63) is 53.2 Å². The van der Waals surface area contributed by atoms with E-state index in [0.29, 0.717) is 18.6 Å². The zero-order chi connectivity index (χ0) is 20.1. The summed E-state index contributed by atoms with van der Waals surface area (Å²) in [5.74, 6) is 1.86. The Hall–Kier alpha value is -2.73. The Bertz CT molecular complexity index is 875. The van der Waals surface area contributed by atoms with Crippen molar-refractivity contribution < 1.29 is 4.74 Å². The van der Waals surface area contributed by atoms with Crippen LogP contribution in [0.2, 0.25) is 0 Å². The molecule has 3 rings (SSSR count). The largest absolute Gasteiger partial charge is 0.374 e. The number of hydrogen-bond acceptors (Lipinski definition) is 5. The molecule has 1 aliphatic heterocycles. The standard InChI is InChI=1S/C22H29N5O/c1-14(2)28-13-18-8-9-23-22(11-18)26-17(5)25-21-7-6-19(10-15(21)3)20-12-24-27-16(20)4/h6-12,14,16,20,27H,13H2,1-5H3,(H,23,25,26). The Morgan fingerprint density at radius 3 is 2.79 bits per heavy atom. The number of benzene rings is 1. The number of aromatic nitrogens is 1. The van der Waals surface area contributed by atoms with Crippen molar-refractivity contribution in [1.29, 1.82) is 0 Å². The number of anilines is 1. The van der Waals surface area contributed by atoms with Crippen molar-refractivity contribution in [2.75, 3.05) is 5.32 Å². The molecule has 148 valence electrons. The van der Waals surface area contributed by atoms with Gasteiger partial charge < -0.3 is 15.5 Å². The summed E-state index contributed by atoms with van der Waals surface area (Å²) >= 11 is 0. The molecule has 1 aromatic carbocycles. The lowest BCUT2D eigenvalue weighted by atomic mass is 9.93. The van der Waals surface area contributed by atoms with Crippen LogP contribution in [0.3, 0.4) is 0 Å².